The number of carbonyl (C=O) groups is 1. The second-order valence-electron chi connectivity index (χ2n) is 5.06. The van der Waals surface area contributed by atoms with Crippen molar-refractivity contribution in [2.24, 2.45) is 5.73 Å². The number of nitrogens with zero attached hydrogens (tertiary/aromatic N) is 3. The first-order valence-corrected chi connectivity index (χ1v) is 7.43. The molecule has 24 heavy (non-hydrogen) atoms. The average molecular weight is 324 g/mol. The molecule has 3 aromatic rings. The average Bonchev–Trinajstić information content (AvgIpc) is 3.08. The largest absolute Gasteiger partial charge is 0.376 e. The quantitative estimate of drug-likeness (QED) is 0.666. The molecule has 122 valence electrons. The lowest BCUT2D eigenvalue weighted by molar-refractivity contribution is 0.100. The molecule has 0 aliphatic carbocycles. The molecule has 2 aromatic heterocycles. The van der Waals surface area contributed by atoms with Gasteiger partial charge in [0, 0.05) is 6.20 Å². The van der Waals surface area contributed by atoms with Crippen LogP contribution in [0.2, 0.25) is 0 Å². The second kappa shape index (κ2) is 7.47. The molecular weight excluding hydrogens is 308 g/mol. The van der Waals surface area contributed by atoms with Crippen LogP contribution < -0.4 is 5.73 Å². The lowest BCUT2D eigenvalue weighted by atomic mass is 10.2. The summed E-state index contributed by atoms with van der Waals surface area (Å²) in [6.07, 6.45) is 2.01. The summed E-state index contributed by atoms with van der Waals surface area (Å²) in [5.74, 6) is 0.0669. The summed E-state index contributed by atoms with van der Waals surface area (Å²) in [5.41, 5.74) is 6.99. The van der Waals surface area contributed by atoms with Crippen LogP contribution in [-0.4, -0.2) is 27.6 Å². The topological polar surface area (TPSA) is 104 Å². The van der Waals surface area contributed by atoms with E-state index in [4.69, 9.17) is 15.0 Å². The zero-order valence-corrected chi connectivity index (χ0v) is 12.9. The van der Waals surface area contributed by atoms with Crippen LogP contribution in [0.15, 0.2) is 53.2 Å². The molecular formula is C17H16N4O3. The van der Waals surface area contributed by atoms with E-state index < -0.39 is 5.91 Å². The molecule has 7 heteroatoms. The van der Waals surface area contributed by atoms with Crippen LogP contribution in [0.5, 0.6) is 0 Å². The van der Waals surface area contributed by atoms with Gasteiger partial charge >= 0.3 is 0 Å². The van der Waals surface area contributed by atoms with Crippen molar-refractivity contribution in [1.29, 1.82) is 0 Å². The summed E-state index contributed by atoms with van der Waals surface area (Å²) in [6, 6.07) is 13.1. The predicted octanol–water partition coefficient (Wildman–Crippen LogP) is 1.99. The van der Waals surface area contributed by atoms with E-state index in [1.54, 1.807) is 18.3 Å². The Hall–Kier alpha value is -3.06. The minimum Gasteiger partial charge on any atom is -0.376 e. The first kappa shape index (κ1) is 15.8. The maximum atomic E-state index is 11.4. The predicted molar refractivity (Wildman–Crippen MR) is 85.8 cm³/mol. The van der Waals surface area contributed by atoms with Crippen molar-refractivity contribution in [3.05, 3.63) is 65.7 Å². The third-order valence-corrected chi connectivity index (χ3v) is 3.32. The SMILES string of the molecule is NC(=O)c1cccnc1-c1noc(CCOCc2ccccc2)n1. The molecule has 0 bridgehead atoms. The number of pyridine rings is 1. The number of primary amides is 1. The van der Waals surface area contributed by atoms with Gasteiger partial charge in [0.25, 0.3) is 5.91 Å². The number of nitrogens with two attached hydrogens (primary N) is 1. The fourth-order valence-electron chi connectivity index (χ4n) is 2.16. The Labute approximate surface area is 138 Å². The summed E-state index contributed by atoms with van der Waals surface area (Å²) < 4.78 is 10.8. The number of carbonyl (C=O) groups excluding carboxylic acids is 1. The Morgan fingerprint density at radius 2 is 2.00 bits per heavy atom. The Morgan fingerprint density at radius 3 is 2.79 bits per heavy atom. The number of hydrogen-bond acceptors (Lipinski definition) is 6. The number of aromatic nitrogens is 3. The normalized spacial score (nSPS) is 10.7. The summed E-state index contributed by atoms with van der Waals surface area (Å²) in [7, 11) is 0. The van der Waals surface area contributed by atoms with Gasteiger partial charge < -0.3 is 15.0 Å². The van der Waals surface area contributed by atoms with Gasteiger partial charge in [0.1, 0.15) is 5.69 Å². The maximum absolute atomic E-state index is 11.4. The van der Waals surface area contributed by atoms with Crippen molar-refractivity contribution in [3.8, 4) is 11.5 Å². The Kier molecular flexibility index (Phi) is 4.93. The number of rotatable bonds is 7. The highest BCUT2D eigenvalue weighted by Crippen LogP contribution is 2.17. The molecule has 2 heterocycles. The van der Waals surface area contributed by atoms with Crippen LogP contribution in [0.4, 0.5) is 0 Å². The van der Waals surface area contributed by atoms with Crippen molar-refractivity contribution < 1.29 is 14.1 Å². The molecule has 0 atom stereocenters. The smallest absolute Gasteiger partial charge is 0.251 e. The molecule has 0 radical (unpaired) electrons. The van der Waals surface area contributed by atoms with E-state index in [2.05, 4.69) is 15.1 Å². The van der Waals surface area contributed by atoms with Crippen molar-refractivity contribution in [1.82, 2.24) is 15.1 Å². The van der Waals surface area contributed by atoms with Crippen molar-refractivity contribution in [3.63, 3.8) is 0 Å². The van der Waals surface area contributed by atoms with E-state index in [0.717, 1.165) is 5.56 Å². The molecule has 0 fully saturated rings. The first-order valence-electron chi connectivity index (χ1n) is 7.43. The van der Waals surface area contributed by atoms with Crippen LogP contribution in [0.25, 0.3) is 11.5 Å². The van der Waals surface area contributed by atoms with Gasteiger partial charge in [-0.3, -0.25) is 9.78 Å². The molecule has 0 aliphatic heterocycles. The summed E-state index contributed by atoms with van der Waals surface area (Å²) in [6.45, 7) is 0.968. The molecule has 7 nitrogen and oxygen atoms in total. The summed E-state index contributed by atoms with van der Waals surface area (Å²) in [5, 5.41) is 3.85. The van der Waals surface area contributed by atoms with Gasteiger partial charge in [-0.05, 0) is 17.7 Å². The van der Waals surface area contributed by atoms with Crippen LogP contribution >= 0.6 is 0 Å². The van der Waals surface area contributed by atoms with E-state index in [1.807, 2.05) is 30.3 Å². The molecule has 0 saturated heterocycles. The third-order valence-electron chi connectivity index (χ3n) is 3.32. The van der Waals surface area contributed by atoms with E-state index in [0.29, 0.717) is 31.2 Å². The van der Waals surface area contributed by atoms with Gasteiger partial charge in [-0.2, -0.15) is 4.98 Å². The molecule has 0 aliphatic rings. The lowest BCUT2D eigenvalue weighted by Crippen LogP contribution is -2.13. The van der Waals surface area contributed by atoms with Crippen LogP contribution in [0, 0.1) is 0 Å². The van der Waals surface area contributed by atoms with Gasteiger partial charge in [0.15, 0.2) is 0 Å². The third kappa shape index (κ3) is 3.82. The zero-order chi connectivity index (χ0) is 16.8. The lowest BCUT2D eigenvalue weighted by Gasteiger charge is -2.02. The molecule has 2 N–H and O–H groups in total. The maximum Gasteiger partial charge on any atom is 0.251 e. The van der Waals surface area contributed by atoms with Crippen molar-refractivity contribution in [2.45, 2.75) is 13.0 Å². The van der Waals surface area contributed by atoms with Crippen LogP contribution in [-0.2, 0) is 17.8 Å². The van der Waals surface area contributed by atoms with Gasteiger partial charge in [0.05, 0.1) is 25.2 Å². The Balaban J connectivity index is 1.59. The molecule has 3 rings (SSSR count). The number of benzene rings is 1. The van der Waals surface area contributed by atoms with Gasteiger partial charge in [-0.15, -0.1) is 0 Å². The Morgan fingerprint density at radius 1 is 1.17 bits per heavy atom. The molecule has 0 saturated carbocycles. The monoisotopic (exact) mass is 324 g/mol. The standard InChI is InChI=1S/C17H16N4O3/c18-16(22)13-7-4-9-19-15(13)17-20-14(24-21-17)8-10-23-11-12-5-2-1-3-6-12/h1-7,9H,8,10-11H2,(H2,18,22). The van der Waals surface area contributed by atoms with E-state index in [9.17, 15) is 4.79 Å². The minimum absolute atomic E-state index is 0.238. The van der Waals surface area contributed by atoms with Crippen LogP contribution in [0.1, 0.15) is 21.8 Å². The van der Waals surface area contributed by atoms with E-state index in [-0.39, 0.29) is 11.4 Å². The molecule has 0 unspecified atom stereocenters. The van der Waals surface area contributed by atoms with Gasteiger partial charge in [0.2, 0.25) is 11.7 Å². The fourth-order valence-corrected chi connectivity index (χ4v) is 2.16. The number of ether oxygens (including phenoxy) is 1. The highest BCUT2D eigenvalue weighted by molar-refractivity contribution is 5.97. The first-order chi connectivity index (χ1) is 11.7. The van der Waals surface area contributed by atoms with E-state index in [1.165, 1.54) is 0 Å². The van der Waals surface area contributed by atoms with Crippen molar-refractivity contribution >= 4 is 5.91 Å². The van der Waals surface area contributed by atoms with Crippen molar-refractivity contribution in [2.75, 3.05) is 6.61 Å². The molecule has 1 amide bonds. The Bertz CT molecular complexity index is 817. The highest BCUT2D eigenvalue weighted by atomic mass is 16.5. The molecule has 1 aromatic carbocycles. The summed E-state index contributed by atoms with van der Waals surface area (Å²) >= 11 is 0. The second-order valence-corrected chi connectivity index (χ2v) is 5.06. The van der Waals surface area contributed by atoms with Gasteiger partial charge in [-0.1, -0.05) is 35.5 Å². The zero-order valence-electron chi connectivity index (χ0n) is 12.9. The van der Waals surface area contributed by atoms with Gasteiger partial charge in [-0.25, -0.2) is 0 Å². The van der Waals surface area contributed by atoms with E-state index >= 15 is 0 Å². The molecule has 0 spiro atoms. The summed E-state index contributed by atoms with van der Waals surface area (Å²) in [4.78, 5) is 19.8. The highest BCUT2D eigenvalue weighted by Gasteiger charge is 2.16. The van der Waals surface area contributed by atoms with Crippen LogP contribution in [0.3, 0.4) is 0 Å². The number of hydrogen-bond donors (Lipinski definition) is 1. The minimum atomic E-state index is -0.587. The fraction of sp³-hybridized carbons (Fsp3) is 0.176. The number of amides is 1.